The maximum absolute atomic E-state index is 4.06. The molecule has 0 aliphatic heterocycles. The van der Waals surface area contributed by atoms with Crippen LogP contribution in [0.15, 0.2) is 36.7 Å². The third kappa shape index (κ3) is 3.49. The van der Waals surface area contributed by atoms with E-state index in [0.29, 0.717) is 0 Å². The Labute approximate surface area is 82.4 Å². The molecule has 0 amide bonds. The van der Waals surface area contributed by atoms with E-state index in [4.69, 9.17) is 0 Å². The number of hydrogen-bond acceptors (Lipinski definition) is 1. The lowest BCUT2D eigenvalue weighted by Gasteiger charge is -2.31. The van der Waals surface area contributed by atoms with Crippen molar-refractivity contribution < 1.29 is 0 Å². The molecule has 0 aliphatic carbocycles. The minimum atomic E-state index is 0.0965. The van der Waals surface area contributed by atoms with Gasteiger partial charge >= 0.3 is 0 Å². The fourth-order valence-corrected chi connectivity index (χ4v) is 0.981. The summed E-state index contributed by atoms with van der Waals surface area (Å²) in [7, 11) is 2.00. The zero-order valence-electron chi connectivity index (χ0n) is 9.52. The van der Waals surface area contributed by atoms with Gasteiger partial charge in [-0.1, -0.05) is 40.0 Å². The van der Waals surface area contributed by atoms with Gasteiger partial charge in [0.25, 0.3) is 0 Å². The number of hydrogen-bond donors (Lipinski definition) is 0. The first-order valence-electron chi connectivity index (χ1n) is 4.55. The van der Waals surface area contributed by atoms with E-state index in [9.17, 15) is 0 Å². The van der Waals surface area contributed by atoms with E-state index >= 15 is 0 Å². The van der Waals surface area contributed by atoms with Gasteiger partial charge in [-0.15, -0.1) is 0 Å². The Morgan fingerprint density at radius 3 is 2.00 bits per heavy atom. The van der Waals surface area contributed by atoms with Crippen molar-refractivity contribution in [3.05, 3.63) is 36.7 Å². The second-order valence-electron chi connectivity index (χ2n) is 4.25. The molecule has 0 bridgehead atoms. The van der Waals surface area contributed by atoms with E-state index in [1.807, 2.05) is 31.0 Å². The average molecular weight is 179 g/mol. The first-order chi connectivity index (χ1) is 5.80. The lowest BCUT2D eigenvalue weighted by molar-refractivity contribution is 0.368. The summed E-state index contributed by atoms with van der Waals surface area (Å²) >= 11 is 0. The minimum Gasteiger partial charge on any atom is -0.349 e. The highest BCUT2D eigenvalue weighted by molar-refractivity contribution is 5.20. The topological polar surface area (TPSA) is 3.24 Å². The molecule has 0 saturated heterocycles. The molecular formula is C12H21N. The average Bonchev–Trinajstić information content (AvgIpc) is 2.00. The van der Waals surface area contributed by atoms with Crippen molar-refractivity contribution in [3.63, 3.8) is 0 Å². The Bertz CT molecular complexity index is 228. The zero-order chi connectivity index (χ0) is 10.6. The zero-order valence-corrected chi connectivity index (χ0v) is 9.52. The maximum atomic E-state index is 4.06. The van der Waals surface area contributed by atoms with Crippen LogP contribution in [0.5, 0.6) is 0 Å². The molecular weight excluding hydrogens is 158 g/mol. The Morgan fingerprint density at radius 2 is 1.69 bits per heavy atom. The lowest BCUT2D eigenvalue weighted by atomic mass is 9.92. The summed E-state index contributed by atoms with van der Waals surface area (Å²) in [4.78, 5) is 2.03. The van der Waals surface area contributed by atoms with Gasteiger partial charge in [-0.3, -0.25) is 0 Å². The molecule has 0 rings (SSSR count). The molecule has 0 aliphatic rings. The first-order valence-corrected chi connectivity index (χ1v) is 4.55. The van der Waals surface area contributed by atoms with Gasteiger partial charge in [-0.05, 0) is 13.0 Å². The van der Waals surface area contributed by atoms with E-state index in [1.165, 1.54) is 0 Å². The van der Waals surface area contributed by atoms with E-state index in [1.54, 1.807) is 0 Å². The summed E-state index contributed by atoms with van der Waals surface area (Å²) in [5.74, 6) is 0. The normalized spacial score (nSPS) is 11.8. The van der Waals surface area contributed by atoms with Crippen LogP contribution < -0.4 is 0 Å². The molecule has 0 heterocycles. The van der Waals surface area contributed by atoms with Gasteiger partial charge in [0.05, 0.1) is 0 Å². The van der Waals surface area contributed by atoms with Crippen LogP contribution in [0, 0.1) is 5.41 Å². The van der Waals surface area contributed by atoms with E-state index in [0.717, 1.165) is 11.4 Å². The highest BCUT2D eigenvalue weighted by Gasteiger charge is 2.18. The van der Waals surface area contributed by atoms with Gasteiger partial charge in [-0.25, -0.2) is 0 Å². The predicted molar refractivity (Wildman–Crippen MR) is 60.3 cm³/mol. The highest BCUT2D eigenvalue weighted by atomic mass is 15.1. The molecule has 0 fully saturated rings. The monoisotopic (exact) mass is 179 g/mol. The number of allylic oxidation sites excluding steroid dienone is 3. The first kappa shape index (κ1) is 12.0. The summed E-state index contributed by atoms with van der Waals surface area (Å²) in [5, 5.41) is 0. The smallest absolute Gasteiger partial charge is 0.0329 e. The van der Waals surface area contributed by atoms with E-state index < -0.39 is 0 Å². The van der Waals surface area contributed by atoms with Gasteiger partial charge in [-0.2, -0.15) is 0 Å². The second kappa shape index (κ2) is 4.31. The molecule has 13 heavy (non-hydrogen) atoms. The Kier molecular flexibility index (Phi) is 3.99. The maximum Gasteiger partial charge on any atom is 0.0329 e. The van der Waals surface area contributed by atoms with Gasteiger partial charge in [0.2, 0.25) is 0 Å². The summed E-state index contributed by atoms with van der Waals surface area (Å²) < 4.78 is 0. The number of nitrogens with zero attached hydrogens (tertiary/aromatic N) is 1. The van der Waals surface area contributed by atoms with Crippen molar-refractivity contribution in [1.82, 2.24) is 4.90 Å². The van der Waals surface area contributed by atoms with Crippen LogP contribution >= 0.6 is 0 Å². The van der Waals surface area contributed by atoms with Crippen LogP contribution in [0.3, 0.4) is 0 Å². The van der Waals surface area contributed by atoms with Crippen molar-refractivity contribution >= 4 is 0 Å². The quantitative estimate of drug-likeness (QED) is 0.599. The van der Waals surface area contributed by atoms with Crippen LogP contribution in [0.2, 0.25) is 0 Å². The van der Waals surface area contributed by atoms with E-state index in [2.05, 4.69) is 33.9 Å². The Balaban J connectivity index is 4.53. The van der Waals surface area contributed by atoms with Gasteiger partial charge in [0.1, 0.15) is 0 Å². The molecule has 0 unspecified atom stereocenters. The predicted octanol–water partition coefficient (Wildman–Crippen LogP) is 3.57. The molecule has 0 radical (unpaired) electrons. The molecule has 0 aromatic heterocycles. The van der Waals surface area contributed by atoms with Crippen molar-refractivity contribution in [1.29, 1.82) is 0 Å². The Hall–Kier alpha value is -0.980. The van der Waals surface area contributed by atoms with Crippen molar-refractivity contribution in [3.8, 4) is 0 Å². The van der Waals surface area contributed by atoms with E-state index in [-0.39, 0.29) is 5.41 Å². The SMILES string of the molecule is C=C(/C=C\C)N(C)C(=C)C(C)(C)C. The lowest BCUT2D eigenvalue weighted by Crippen LogP contribution is -2.24. The molecule has 1 heteroatoms. The van der Waals surface area contributed by atoms with Crippen molar-refractivity contribution in [2.45, 2.75) is 27.7 Å². The van der Waals surface area contributed by atoms with Gasteiger partial charge < -0.3 is 4.90 Å². The van der Waals surface area contributed by atoms with Crippen molar-refractivity contribution in [2.24, 2.45) is 5.41 Å². The summed E-state index contributed by atoms with van der Waals surface area (Å²) in [5.41, 5.74) is 2.15. The molecule has 74 valence electrons. The summed E-state index contributed by atoms with van der Waals surface area (Å²) in [6.07, 6.45) is 3.96. The number of rotatable bonds is 3. The van der Waals surface area contributed by atoms with Gasteiger partial charge in [0.15, 0.2) is 0 Å². The third-order valence-corrected chi connectivity index (χ3v) is 2.06. The molecule has 0 aromatic carbocycles. The third-order valence-electron chi connectivity index (χ3n) is 2.06. The number of likely N-dealkylation sites (N-methyl/N-ethyl adjacent to an activating group) is 1. The molecule has 0 aromatic rings. The molecule has 0 atom stereocenters. The highest BCUT2D eigenvalue weighted by Crippen LogP contribution is 2.27. The fourth-order valence-electron chi connectivity index (χ4n) is 0.981. The fraction of sp³-hybridized carbons (Fsp3) is 0.500. The van der Waals surface area contributed by atoms with Gasteiger partial charge in [0, 0.05) is 23.9 Å². The van der Waals surface area contributed by atoms with Crippen LogP contribution in [-0.2, 0) is 0 Å². The van der Waals surface area contributed by atoms with Crippen LogP contribution in [-0.4, -0.2) is 11.9 Å². The van der Waals surface area contributed by atoms with Crippen LogP contribution in [0.1, 0.15) is 27.7 Å². The molecule has 1 nitrogen and oxygen atoms in total. The summed E-state index contributed by atoms with van der Waals surface area (Å²) in [6, 6.07) is 0. The van der Waals surface area contributed by atoms with Crippen molar-refractivity contribution in [2.75, 3.05) is 7.05 Å². The van der Waals surface area contributed by atoms with Crippen LogP contribution in [0.4, 0.5) is 0 Å². The second-order valence-corrected chi connectivity index (χ2v) is 4.25. The Morgan fingerprint density at radius 1 is 1.23 bits per heavy atom. The minimum absolute atomic E-state index is 0.0965. The largest absolute Gasteiger partial charge is 0.349 e. The molecule has 0 spiro atoms. The summed E-state index contributed by atoms with van der Waals surface area (Å²) in [6.45, 7) is 16.4. The molecule has 0 saturated carbocycles. The standard InChI is InChI=1S/C12H21N/c1-8-9-10(2)13(7)11(3)12(4,5)6/h8-9H,2-3H2,1,4-7H3/b9-8-. The molecule has 0 N–H and O–H groups in total. The van der Waals surface area contributed by atoms with Crippen LogP contribution in [0.25, 0.3) is 0 Å².